The van der Waals surface area contributed by atoms with E-state index in [-0.39, 0.29) is 25.7 Å². The summed E-state index contributed by atoms with van der Waals surface area (Å²) in [5.74, 6) is -2.67. The minimum Gasteiger partial charge on any atom is -0.450 e. The van der Waals surface area contributed by atoms with Crippen molar-refractivity contribution in [3.63, 3.8) is 0 Å². The molecule has 1 aromatic carbocycles. The van der Waals surface area contributed by atoms with Crippen LogP contribution in [0.5, 0.6) is 0 Å². The second-order valence-corrected chi connectivity index (χ2v) is 5.01. The number of hydrogen-bond acceptors (Lipinski definition) is 6. The number of amides is 2. The first-order chi connectivity index (χ1) is 11.0. The van der Waals surface area contributed by atoms with E-state index in [1.54, 1.807) is 31.2 Å². The van der Waals surface area contributed by atoms with E-state index in [1.165, 1.54) is 0 Å². The van der Waals surface area contributed by atoms with Crippen molar-refractivity contribution in [1.29, 1.82) is 0 Å². The molecule has 1 aromatic rings. The molecule has 1 fully saturated rings. The fourth-order valence-corrected chi connectivity index (χ4v) is 2.05. The monoisotopic (exact) mass is 319 g/mol. The van der Waals surface area contributed by atoms with E-state index in [9.17, 15) is 19.2 Å². The van der Waals surface area contributed by atoms with Gasteiger partial charge in [-0.1, -0.05) is 37.3 Å². The van der Waals surface area contributed by atoms with E-state index in [2.05, 4.69) is 0 Å². The van der Waals surface area contributed by atoms with Crippen molar-refractivity contribution in [2.75, 3.05) is 0 Å². The summed E-state index contributed by atoms with van der Waals surface area (Å²) in [7, 11) is 0. The Morgan fingerprint density at radius 3 is 2.30 bits per heavy atom. The first kappa shape index (κ1) is 16.7. The van der Waals surface area contributed by atoms with Crippen molar-refractivity contribution < 1.29 is 28.8 Å². The van der Waals surface area contributed by atoms with Gasteiger partial charge in [-0.25, -0.2) is 4.79 Å². The molecule has 1 atom stereocenters. The van der Waals surface area contributed by atoms with E-state index in [4.69, 9.17) is 9.57 Å². The van der Waals surface area contributed by atoms with Crippen LogP contribution in [0.4, 0.5) is 0 Å². The number of imide groups is 1. The molecule has 0 saturated carbocycles. The third-order valence-electron chi connectivity index (χ3n) is 3.28. The fourth-order valence-electron chi connectivity index (χ4n) is 2.05. The summed E-state index contributed by atoms with van der Waals surface area (Å²) in [6.07, 6.45) is -1.01. The smallest absolute Gasteiger partial charge is 0.373 e. The van der Waals surface area contributed by atoms with Gasteiger partial charge in [0.2, 0.25) is 6.10 Å². The van der Waals surface area contributed by atoms with Crippen molar-refractivity contribution in [3.8, 4) is 0 Å². The largest absolute Gasteiger partial charge is 0.450 e. The quantitative estimate of drug-likeness (QED) is 0.577. The molecule has 2 rings (SSSR count). The molecule has 122 valence electrons. The average Bonchev–Trinajstić information content (AvgIpc) is 2.87. The topological polar surface area (TPSA) is 90.0 Å². The first-order valence-electron chi connectivity index (χ1n) is 7.32. The molecule has 0 spiro atoms. The maximum Gasteiger partial charge on any atom is 0.373 e. The molecule has 0 radical (unpaired) electrons. The van der Waals surface area contributed by atoms with Crippen LogP contribution in [0.3, 0.4) is 0 Å². The van der Waals surface area contributed by atoms with E-state index >= 15 is 0 Å². The summed E-state index contributed by atoms with van der Waals surface area (Å²) in [4.78, 5) is 51.5. The molecule has 1 saturated heterocycles. The number of nitrogens with zero attached hydrogens (tertiary/aromatic N) is 1. The minimum absolute atomic E-state index is 0.00418. The van der Waals surface area contributed by atoms with Gasteiger partial charge in [0.05, 0.1) is 0 Å². The van der Waals surface area contributed by atoms with Gasteiger partial charge in [-0.05, 0) is 5.56 Å². The summed E-state index contributed by atoms with van der Waals surface area (Å²) in [6.45, 7) is 1.60. The van der Waals surface area contributed by atoms with Crippen molar-refractivity contribution in [1.82, 2.24) is 5.06 Å². The Morgan fingerprint density at radius 2 is 1.74 bits per heavy atom. The summed E-state index contributed by atoms with van der Waals surface area (Å²) < 4.78 is 5.08. The number of rotatable bonds is 6. The van der Waals surface area contributed by atoms with Crippen molar-refractivity contribution >= 4 is 23.8 Å². The predicted octanol–water partition coefficient (Wildman–Crippen LogP) is 1.16. The SMILES string of the molecule is CCC(=O)OC(Cc1ccccc1)C(=O)ON1C(=O)CCC1=O. The van der Waals surface area contributed by atoms with Crippen molar-refractivity contribution in [2.45, 2.75) is 38.7 Å². The van der Waals surface area contributed by atoms with Crippen LogP contribution in [0.15, 0.2) is 30.3 Å². The Balaban J connectivity index is 2.09. The van der Waals surface area contributed by atoms with E-state index in [0.717, 1.165) is 5.56 Å². The summed E-state index contributed by atoms with van der Waals surface area (Å²) in [6, 6.07) is 8.93. The van der Waals surface area contributed by atoms with Crippen LogP contribution in [0.1, 0.15) is 31.7 Å². The van der Waals surface area contributed by atoms with Crippen LogP contribution in [0.2, 0.25) is 0 Å². The highest BCUT2D eigenvalue weighted by Gasteiger charge is 2.36. The lowest BCUT2D eigenvalue weighted by Gasteiger charge is -2.19. The lowest BCUT2D eigenvalue weighted by molar-refractivity contribution is -0.205. The standard InChI is InChI=1S/C16H17NO6/c1-2-15(20)22-12(10-11-6-4-3-5-7-11)16(21)23-17-13(18)8-9-14(17)19/h3-7,12H,2,8-10H2,1H3. The van der Waals surface area contributed by atoms with Gasteiger partial charge in [-0.2, -0.15) is 0 Å². The Labute approximate surface area is 133 Å². The highest BCUT2D eigenvalue weighted by molar-refractivity contribution is 6.01. The Morgan fingerprint density at radius 1 is 1.13 bits per heavy atom. The average molecular weight is 319 g/mol. The van der Waals surface area contributed by atoms with Crippen LogP contribution < -0.4 is 0 Å². The van der Waals surface area contributed by atoms with Gasteiger partial charge in [0.1, 0.15) is 0 Å². The molecule has 7 heteroatoms. The van der Waals surface area contributed by atoms with Crippen LogP contribution in [-0.2, 0) is 35.2 Å². The maximum atomic E-state index is 12.2. The highest BCUT2D eigenvalue weighted by Crippen LogP contribution is 2.15. The van der Waals surface area contributed by atoms with Crippen LogP contribution in [-0.4, -0.2) is 34.9 Å². The van der Waals surface area contributed by atoms with Crippen LogP contribution in [0, 0.1) is 0 Å². The first-order valence-corrected chi connectivity index (χ1v) is 7.32. The number of hydroxylamine groups is 2. The Kier molecular flexibility index (Phi) is 5.46. The second kappa shape index (κ2) is 7.53. The summed E-state index contributed by atoms with van der Waals surface area (Å²) in [5, 5.41) is 0.445. The fraction of sp³-hybridized carbons (Fsp3) is 0.375. The summed E-state index contributed by atoms with van der Waals surface area (Å²) in [5.41, 5.74) is 0.762. The van der Waals surface area contributed by atoms with E-state index < -0.39 is 29.9 Å². The molecule has 0 aromatic heterocycles. The second-order valence-electron chi connectivity index (χ2n) is 5.01. The number of ether oxygens (including phenoxy) is 1. The number of benzene rings is 1. The maximum absolute atomic E-state index is 12.2. The van der Waals surface area contributed by atoms with Gasteiger partial charge >= 0.3 is 11.9 Å². The van der Waals surface area contributed by atoms with Gasteiger partial charge in [-0.3, -0.25) is 14.4 Å². The van der Waals surface area contributed by atoms with Crippen LogP contribution >= 0.6 is 0 Å². The lowest BCUT2D eigenvalue weighted by Crippen LogP contribution is -2.39. The molecule has 2 amide bonds. The van der Waals surface area contributed by atoms with Gasteiger partial charge in [0.25, 0.3) is 11.8 Å². The molecule has 1 aliphatic heterocycles. The number of carbonyl (C=O) groups is 4. The molecular weight excluding hydrogens is 302 g/mol. The van der Waals surface area contributed by atoms with Crippen molar-refractivity contribution in [3.05, 3.63) is 35.9 Å². The van der Waals surface area contributed by atoms with E-state index in [1.807, 2.05) is 6.07 Å². The third kappa shape index (κ3) is 4.38. The normalized spacial score (nSPS) is 15.4. The zero-order chi connectivity index (χ0) is 16.8. The molecular formula is C16H17NO6. The molecule has 1 heterocycles. The highest BCUT2D eigenvalue weighted by atomic mass is 16.7. The number of carbonyl (C=O) groups excluding carboxylic acids is 4. The zero-order valence-electron chi connectivity index (χ0n) is 12.7. The molecule has 1 aliphatic rings. The van der Waals surface area contributed by atoms with Crippen LogP contribution in [0.25, 0.3) is 0 Å². The number of hydrogen-bond donors (Lipinski definition) is 0. The molecule has 0 bridgehead atoms. The molecule has 1 unspecified atom stereocenters. The summed E-state index contributed by atoms with van der Waals surface area (Å²) >= 11 is 0. The van der Waals surface area contributed by atoms with E-state index in [0.29, 0.717) is 5.06 Å². The Bertz CT molecular complexity index is 596. The van der Waals surface area contributed by atoms with Gasteiger partial charge in [0, 0.05) is 25.7 Å². The van der Waals surface area contributed by atoms with Gasteiger partial charge < -0.3 is 9.57 Å². The van der Waals surface area contributed by atoms with Gasteiger partial charge in [0.15, 0.2) is 0 Å². The number of esters is 1. The molecule has 23 heavy (non-hydrogen) atoms. The molecule has 0 N–H and O–H groups in total. The third-order valence-corrected chi connectivity index (χ3v) is 3.28. The minimum atomic E-state index is -1.22. The van der Waals surface area contributed by atoms with Crippen molar-refractivity contribution in [2.24, 2.45) is 0 Å². The molecule has 0 aliphatic carbocycles. The lowest BCUT2D eigenvalue weighted by atomic mass is 10.1. The zero-order valence-corrected chi connectivity index (χ0v) is 12.7. The predicted molar refractivity (Wildman–Crippen MR) is 77.5 cm³/mol. The van der Waals surface area contributed by atoms with Gasteiger partial charge in [-0.15, -0.1) is 5.06 Å². The molecule has 7 nitrogen and oxygen atoms in total. The Hall–Kier alpha value is -2.70.